The lowest BCUT2D eigenvalue weighted by molar-refractivity contribution is 1.14. The molecule has 0 saturated carbocycles. The molecule has 0 aliphatic rings. The number of rotatable bonds is 5. The Morgan fingerprint density at radius 1 is 0.778 bits per heavy atom. The standard InChI is InChI=1S/C15H21NSi2/c1-17(14-9-5-3-6-10-14)13-16-18(2)15-11-7-4-8-12-15/h3-12,16-18H,13H2,1-2H3. The fraction of sp³-hybridized carbons (Fsp3) is 0.200. The van der Waals surface area contributed by atoms with Crippen LogP contribution in [0.3, 0.4) is 0 Å². The summed E-state index contributed by atoms with van der Waals surface area (Å²) in [6, 6.07) is 21.8. The Morgan fingerprint density at radius 3 is 1.83 bits per heavy atom. The van der Waals surface area contributed by atoms with Gasteiger partial charge in [0.2, 0.25) is 0 Å². The van der Waals surface area contributed by atoms with Crippen molar-refractivity contribution < 1.29 is 0 Å². The van der Waals surface area contributed by atoms with Gasteiger partial charge in [0.15, 0.2) is 0 Å². The highest BCUT2D eigenvalue weighted by Gasteiger charge is 2.10. The van der Waals surface area contributed by atoms with Crippen molar-refractivity contribution in [3.8, 4) is 0 Å². The first-order valence-corrected chi connectivity index (χ1v) is 11.5. The molecule has 0 fully saturated rings. The molecule has 0 aliphatic heterocycles. The zero-order valence-corrected chi connectivity index (χ0v) is 13.4. The summed E-state index contributed by atoms with van der Waals surface area (Å²) in [4.78, 5) is 3.80. The van der Waals surface area contributed by atoms with Crippen LogP contribution in [0.15, 0.2) is 60.7 Å². The topological polar surface area (TPSA) is 12.0 Å². The molecular weight excluding hydrogens is 250 g/mol. The third-order valence-corrected chi connectivity index (χ3v) is 8.47. The van der Waals surface area contributed by atoms with Crippen LogP contribution in [0.1, 0.15) is 0 Å². The van der Waals surface area contributed by atoms with Crippen molar-refractivity contribution in [2.24, 2.45) is 0 Å². The average molecular weight is 272 g/mol. The first-order valence-electron chi connectivity index (χ1n) is 6.60. The molecule has 2 atom stereocenters. The van der Waals surface area contributed by atoms with Crippen molar-refractivity contribution in [3.05, 3.63) is 60.7 Å². The molecule has 1 N–H and O–H groups in total. The van der Waals surface area contributed by atoms with E-state index in [0.29, 0.717) is 0 Å². The highest BCUT2D eigenvalue weighted by molar-refractivity contribution is 6.75. The van der Waals surface area contributed by atoms with Crippen molar-refractivity contribution >= 4 is 28.1 Å². The minimum atomic E-state index is -0.955. The summed E-state index contributed by atoms with van der Waals surface area (Å²) in [6.07, 6.45) is 1.20. The highest BCUT2D eigenvalue weighted by atomic mass is 28.3. The molecule has 0 radical (unpaired) electrons. The van der Waals surface area contributed by atoms with Gasteiger partial charge in [-0.3, -0.25) is 0 Å². The molecule has 0 amide bonds. The van der Waals surface area contributed by atoms with Gasteiger partial charge in [0.1, 0.15) is 8.96 Å². The van der Waals surface area contributed by atoms with Crippen LogP contribution in [0, 0.1) is 0 Å². The minimum absolute atomic E-state index is 0.817. The third kappa shape index (κ3) is 3.66. The second kappa shape index (κ2) is 6.68. The lowest BCUT2D eigenvalue weighted by Gasteiger charge is -2.16. The molecule has 1 nitrogen and oxygen atoms in total. The normalized spacial score (nSPS) is 14.1. The number of benzene rings is 2. The van der Waals surface area contributed by atoms with E-state index in [4.69, 9.17) is 0 Å². The highest BCUT2D eigenvalue weighted by Crippen LogP contribution is 1.89. The summed E-state index contributed by atoms with van der Waals surface area (Å²) in [6.45, 7) is 4.80. The molecule has 0 aliphatic carbocycles. The molecule has 0 spiro atoms. The van der Waals surface area contributed by atoms with E-state index in [2.05, 4.69) is 78.7 Å². The van der Waals surface area contributed by atoms with E-state index in [1.807, 2.05) is 0 Å². The maximum Gasteiger partial charge on any atom is 0.137 e. The molecule has 0 bridgehead atoms. The summed E-state index contributed by atoms with van der Waals surface area (Å²) < 4.78 is 0. The first-order chi connectivity index (χ1) is 8.77. The lowest BCUT2D eigenvalue weighted by atomic mass is 10.4. The predicted molar refractivity (Wildman–Crippen MR) is 86.2 cm³/mol. The van der Waals surface area contributed by atoms with E-state index in [1.54, 1.807) is 5.19 Å². The van der Waals surface area contributed by atoms with Crippen LogP contribution in [0.4, 0.5) is 0 Å². The van der Waals surface area contributed by atoms with Crippen molar-refractivity contribution in [2.45, 2.75) is 13.1 Å². The van der Waals surface area contributed by atoms with Gasteiger partial charge in [0.25, 0.3) is 0 Å². The van der Waals surface area contributed by atoms with E-state index >= 15 is 0 Å². The molecule has 2 aromatic carbocycles. The molecule has 94 valence electrons. The second-order valence-corrected chi connectivity index (χ2v) is 10.2. The van der Waals surface area contributed by atoms with Gasteiger partial charge in [-0.2, -0.15) is 0 Å². The molecular formula is C15H21NSi2. The van der Waals surface area contributed by atoms with Gasteiger partial charge in [-0.05, 0) is 11.4 Å². The quantitative estimate of drug-likeness (QED) is 0.804. The van der Waals surface area contributed by atoms with Gasteiger partial charge >= 0.3 is 0 Å². The molecule has 0 heterocycles. The van der Waals surface area contributed by atoms with Crippen molar-refractivity contribution in [3.63, 3.8) is 0 Å². The Hall–Kier alpha value is -1.17. The zero-order chi connectivity index (χ0) is 12.8. The van der Waals surface area contributed by atoms with Crippen LogP contribution in [-0.2, 0) is 0 Å². The Labute approximate surface area is 113 Å². The van der Waals surface area contributed by atoms with Crippen LogP contribution >= 0.6 is 0 Å². The molecule has 18 heavy (non-hydrogen) atoms. The molecule has 2 rings (SSSR count). The number of nitrogens with one attached hydrogen (secondary N) is 1. The third-order valence-electron chi connectivity index (χ3n) is 3.40. The predicted octanol–water partition coefficient (Wildman–Crippen LogP) is 1.14. The van der Waals surface area contributed by atoms with Gasteiger partial charge < -0.3 is 4.98 Å². The smallest absolute Gasteiger partial charge is 0.137 e. The largest absolute Gasteiger partial charge is 0.339 e. The summed E-state index contributed by atoms with van der Waals surface area (Å²) in [7, 11) is -1.77. The van der Waals surface area contributed by atoms with Gasteiger partial charge in [0.05, 0.1) is 8.80 Å². The molecule has 2 unspecified atom stereocenters. The molecule has 0 saturated heterocycles. The first kappa shape index (κ1) is 13.3. The lowest BCUT2D eigenvalue weighted by Crippen LogP contribution is -2.48. The van der Waals surface area contributed by atoms with Crippen LogP contribution in [-0.4, -0.2) is 23.9 Å². The Morgan fingerprint density at radius 2 is 1.28 bits per heavy atom. The number of hydrogen-bond acceptors (Lipinski definition) is 1. The number of hydrogen-bond donors (Lipinski definition) is 1. The zero-order valence-electron chi connectivity index (χ0n) is 11.1. The van der Waals surface area contributed by atoms with Gasteiger partial charge in [0, 0.05) is 0 Å². The van der Waals surface area contributed by atoms with E-state index in [-0.39, 0.29) is 0 Å². The maximum atomic E-state index is 3.80. The monoisotopic (exact) mass is 271 g/mol. The van der Waals surface area contributed by atoms with Gasteiger partial charge in [-0.15, -0.1) is 0 Å². The Kier molecular flexibility index (Phi) is 4.93. The van der Waals surface area contributed by atoms with E-state index < -0.39 is 17.8 Å². The summed E-state index contributed by atoms with van der Waals surface area (Å²) in [5, 5.41) is 3.06. The van der Waals surface area contributed by atoms with Crippen molar-refractivity contribution in [1.29, 1.82) is 0 Å². The summed E-state index contributed by atoms with van der Waals surface area (Å²) in [5.41, 5.74) is 0. The van der Waals surface area contributed by atoms with Crippen LogP contribution in [0.25, 0.3) is 0 Å². The van der Waals surface area contributed by atoms with Crippen LogP contribution in [0.2, 0.25) is 13.1 Å². The molecule has 2 aromatic rings. The van der Waals surface area contributed by atoms with Crippen LogP contribution in [0.5, 0.6) is 0 Å². The van der Waals surface area contributed by atoms with Gasteiger partial charge in [-0.1, -0.05) is 78.9 Å². The average Bonchev–Trinajstić information content (AvgIpc) is 2.46. The van der Waals surface area contributed by atoms with E-state index in [1.165, 1.54) is 11.4 Å². The second-order valence-electron chi connectivity index (χ2n) is 4.85. The van der Waals surface area contributed by atoms with E-state index in [9.17, 15) is 0 Å². The van der Waals surface area contributed by atoms with Crippen molar-refractivity contribution in [1.82, 2.24) is 4.98 Å². The molecule has 0 aromatic heterocycles. The Balaban J connectivity index is 1.89. The van der Waals surface area contributed by atoms with Crippen LogP contribution < -0.4 is 15.4 Å². The summed E-state index contributed by atoms with van der Waals surface area (Å²) >= 11 is 0. The molecule has 3 heteroatoms. The minimum Gasteiger partial charge on any atom is -0.339 e. The maximum absolute atomic E-state index is 3.80. The van der Waals surface area contributed by atoms with E-state index in [0.717, 1.165) is 0 Å². The SMILES string of the molecule is C[SiH](CN[SiH](C)c1ccccc1)c1ccccc1. The summed E-state index contributed by atoms with van der Waals surface area (Å²) in [5.74, 6) is 0. The van der Waals surface area contributed by atoms with Gasteiger partial charge in [-0.25, -0.2) is 0 Å². The Bertz CT molecular complexity index is 413. The fourth-order valence-corrected chi connectivity index (χ4v) is 7.09. The van der Waals surface area contributed by atoms with Crippen molar-refractivity contribution in [2.75, 3.05) is 6.17 Å². The fourth-order valence-electron chi connectivity index (χ4n) is 2.11.